The summed E-state index contributed by atoms with van der Waals surface area (Å²) in [7, 11) is 1.45. The number of aryl methyl sites for hydroxylation is 1. The Hall–Kier alpha value is -3.33. The molecule has 1 aliphatic rings. The van der Waals surface area contributed by atoms with Gasteiger partial charge in [-0.25, -0.2) is 9.69 Å². The fraction of sp³-hybridized carbons (Fsp3) is 0.115. The lowest BCUT2D eigenvalue weighted by atomic mass is 10.1. The van der Waals surface area contributed by atoms with Gasteiger partial charge in [-0.05, 0) is 54.5 Å². The molecule has 1 aliphatic heterocycles. The lowest BCUT2D eigenvalue weighted by molar-refractivity contribution is -0.122. The van der Waals surface area contributed by atoms with Crippen molar-refractivity contribution in [2.75, 3.05) is 12.0 Å². The molecule has 0 aliphatic carbocycles. The summed E-state index contributed by atoms with van der Waals surface area (Å²) in [6.45, 7) is 1.96. The number of carbonyl (C=O) groups excluding carboxylic acids is 3. The summed E-state index contributed by atoms with van der Waals surface area (Å²) in [4.78, 5) is 39.2. The monoisotopic (exact) mass is 588 g/mol. The number of urea groups is 1. The molecule has 3 aromatic carbocycles. The van der Waals surface area contributed by atoms with Crippen molar-refractivity contribution in [1.82, 2.24) is 5.32 Å². The van der Waals surface area contributed by atoms with E-state index in [1.54, 1.807) is 31.2 Å². The molecule has 3 aromatic rings. The molecule has 7 nitrogen and oxygen atoms in total. The predicted octanol–water partition coefficient (Wildman–Crippen LogP) is 6.32. The zero-order valence-electron chi connectivity index (χ0n) is 19.1. The third-order valence-corrected chi connectivity index (χ3v) is 6.70. The van der Waals surface area contributed by atoms with Gasteiger partial charge in [0.05, 0.1) is 17.8 Å². The number of nitrogens with one attached hydrogen (secondary N) is 1. The Bertz CT molecular complexity index is 1420. The number of barbiturate groups is 1. The van der Waals surface area contributed by atoms with Gasteiger partial charge in [0, 0.05) is 15.1 Å². The topological polar surface area (TPSA) is 84.9 Å². The van der Waals surface area contributed by atoms with Crippen molar-refractivity contribution in [1.29, 1.82) is 0 Å². The Morgan fingerprint density at radius 2 is 1.81 bits per heavy atom. The highest BCUT2D eigenvalue weighted by molar-refractivity contribution is 9.10. The Morgan fingerprint density at radius 3 is 2.53 bits per heavy atom. The number of methoxy groups -OCH3 is 1. The van der Waals surface area contributed by atoms with E-state index >= 15 is 0 Å². The molecule has 0 saturated carbocycles. The first-order valence-electron chi connectivity index (χ1n) is 10.6. The molecule has 10 heteroatoms. The molecule has 1 heterocycles. The van der Waals surface area contributed by atoms with Gasteiger partial charge in [0.25, 0.3) is 11.8 Å². The average Bonchev–Trinajstić information content (AvgIpc) is 2.83. The summed E-state index contributed by atoms with van der Waals surface area (Å²) in [6.07, 6.45) is 1.34. The second-order valence-electron chi connectivity index (χ2n) is 7.80. The largest absolute Gasteiger partial charge is 0.493 e. The van der Waals surface area contributed by atoms with E-state index in [1.807, 2.05) is 24.3 Å². The van der Waals surface area contributed by atoms with E-state index in [9.17, 15) is 14.4 Å². The zero-order chi connectivity index (χ0) is 26.0. The molecule has 4 amide bonds. The standard InChI is InChI=1S/C26H19BrCl2N2O5/c1-14-7-8-17(28)12-21(14)31-25(33)18(24(32)30-26(31)34)9-15-10-20(29)23(22(11-15)35-2)36-13-16-5-3-4-6-19(16)27/h3-12H,13H2,1-2H3,(H,30,32,34)/b18-9+. The van der Waals surface area contributed by atoms with E-state index in [-0.39, 0.29) is 22.9 Å². The normalized spacial score (nSPS) is 14.8. The van der Waals surface area contributed by atoms with E-state index in [0.29, 0.717) is 27.6 Å². The summed E-state index contributed by atoms with van der Waals surface area (Å²) in [5.41, 5.74) is 1.96. The molecule has 0 spiro atoms. The molecule has 0 bridgehead atoms. The summed E-state index contributed by atoms with van der Waals surface area (Å²) < 4.78 is 12.2. The molecular weight excluding hydrogens is 571 g/mol. The first kappa shape index (κ1) is 25.8. The van der Waals surface area contributed by atoms with Crippen LogP contribution >= 0.6 is 39.1 Å². The van der Waals surface area contributed by atoms with Crippen LogP contribution in [0.15, 0.2) is 64.6 Å². The van der Waals surface area contributed by atoms with Gasteiger partial charge in [0.2, 0.25) is 0 Å². The molecule has 36 heavy (non-hydrogen) atoms. The molecule has 0 unspecified atom stereocenters. The molecule has 1 saturated heterocycles. The van der Waals surface area contributed by atoms with E-state index in [0.717, 1.165) is 14.9 Å². The highest BCUT2D eigenvalue weighted by atomic mass is 79.9. The van der Waals surface area contributed by atoms with Crippen LogP contribution in [0.5, 0.6) is 11.5 Å². The van der Waals surface area contributed by atoms with Gasteiger partial charge in [-0.3, -0.25) is 14.9 Å². The zero-order valence-corrected chi connectivity index (χ0v) is 22.2. The molecular formula is C26H19BrCl2N2O5. The number of amides is 4. The second kappa shape index (κ2) is 10.7. The van der Waals surface area contributed by atoms with Gasteiger partial charge >= 0.3 is 6.03 Å². The third kappa shape index (κ3) is 5.26. The van der Waals surface area contributed by atoms with Crippen molar-refractivity contribution in [3.63, 3.8) is 0 Å². The van der Waals surface area contributed by atoms with E-state index in [4.69, 9.17) is 32.7 Å². The van der Waals surface area contributed by atoms with Crippen LogP contribution in [0.1, 0.15) is 16.7 Å². The number of ether oxygens (including phenoxy) is 2. The van der Waals surface area contributed by atoms with Gasteiger partial charge in [0.1, 0.15) is 12.2 Å². The number of halogens is 3. The molecule has 4 rings (SSSR count). The summed E-state index contributed by atoms with van der Waals surface area (Å²) in [6, 6.07) is 14.7. The van der Waals surface area contributed by atoms with Crippen LogP contribution < -0.4 is 19.7 Å². The van der Waals surface area contributed by atoms with Gasteiger partial charge in [-0.2, -0.15) is 0 Å². The van der Waals surface area contributed by atoms with Crippen molar-refractivity contribution in [2.24, 2.45) is 0 Å². The lowest BCUT2D eigenvalue weighted by Gasteiger charge is -2.27. The van der Waals surface area contributed by atoms with Gasteiger partial charge in [-0.1, -0.05) is 63.4 Å². The van der Waals surface area contributed by atoms with Crippen LogP contribution in [-0.4, -0.2) is 25.0 Å². The number of anilines is 1. The maximum absolute atomic E-state index is 13.3. The smallest absolute Gasteiger partial charge is 0.335 e. The van der Waals surface area contributed by atoms with E-state index in [1.165, 1.54) is 19.3 Å². The molecule has 0 atom stereocenters. The number of nitrogens with zero attached hydrogens (tertiary/aromatic N) is 1. The van der Waals surface area contributed by atoms with E-state index < -0.39 is 17.8 Å². The van der Waals surface area contributed by atoms with Gasteiger partial charge < -0.3 is 9.47 Å². The Balaban J connectivity index is 1.67. The van der Waals surface area contributed by atoms with Crippen LogP contribution in [0.3, 0.4) is 0 Å². The fourth-order valence-corrected chi connectivity index (χ4v) is 4.43. The van der Waals surface area contributed by atoms with Crippen molar-refractivity contribution < 1.29 is 23.9 Å². The van der Waals surface area contributed by atoms with Gasteiger partial charge in [0.15, 0.2) is 11.5 Å². The van der Waals surface area contributed by atoms with Crippen LogP contribution in [0.2, 0.25) is 10.0 Å². The molecule has 1 fully saturated rings. The molecule has 0 radical (unpaired) electrons. The maximum atomic E-state index is 13.3. The van der Waals surface area contributed by atoms with Crippen molar-refractivity contribution in [3.8, 4) is 11.5 Å². The average molecular weight is 590 g/mol. The quantitative estimate of drug-likeness (QED) is 0.269. The number of rotatable bonds is 6. The van der Waals surface area contributed by atoms with Crippen LogP contribution in [0.4, 0.5) is 10.5 Å². The SMILES string of the molecule is COc1cc(/C=C2\C(=O)NC(=O)N(c3cc(Cl)ccc3C)C2=O)cc(Cl)c1OCc1ccccc1Br. The predicted molar refractivity (Wildman–Crippen MR) is 142 cm³/mol. The summed E-state index contributed by atoms with van der Waals surface area (Å²) >= 11 is 16.0. The number of hydrogen-bond donors (Lipinski definition) is 1. The minimum absolute atomic E-state index is 0.218. The van der Waals surface area contributed by atoms with Crippen molar-refractivity contribution in [2.45, 2.75) is 13.5 Å². The number of hydrogen-bond acceptors (Lipinski definition) is 5. The van der Waals surface area contributed by atoms with Gasteiger partial charge in [-0.15, -0.1) is 0 Å². The number of imide groups is 2. The molecule has 1 N–H and O–H groups in total. The first-order chi connectivity index (χ1) is 17.2. The Morgan fingerprint density at radius 1 is 1.06 bits per heavy atom. The number of benzene rings is 3. The van der Waals surface area contributed by atoms with Crippen LogP contribution in [-0.2, 0) is 16.2 Å². The Labute approximate surface area is 225 Å². The van der Waals surface area contributed by atoms with Crippen molar-refractivity contribution >= 4 is 68.7 Å². The summed E-state index contributed by atoms with van der Waals surface area (Å²) in [5, 5.41) is 2.76. The highest BCUT2D eigenvalue weighted by Gasteiger charge is 2.37. The highest BCUT2D eigenvalue weighted by Crippen LogP contribution is 2.38. The first-order valence-corrected chi connectivity index (χ1v) is 12.2. The number of carbonyl (C=O) groups is 3. The van der Waals surface area contributed by atoms with Crippen LogP contribution in [0.25, 0.3) is 6.08 Å². The molecule has 0 aromatic heterocycles. The minimum atomic E-state index is -0.862. The lowest BCUT2D eigenvalue weighted by Crippen LogP contribution is -2.54. The third-order valence-electron chi connectivity index (χ3n) is 5.41. The van der Waals surface area contributed by atoms with Crippen LogP contribution in [0, 0.1) is 6.92 Å². The maximum Gasteiger partial charge on any atom is 0.335 e. The molecule has 184 valence electrons. The van der Waals surface area contributed by atoms with E-state index in [2.05, 4.69) is 21.2 Å². The minimum Gasteiger partial charge on any atom is -0.493 e. The Kier molecular flexibility index (Phi) is 7.68. The van der Waals surface area contributed by atoms with Crippen molar-refractivity contribution in [3.05, 3.63) is 91.4 Å². The second-order valence-corrected chi connectivity index (χ2v) is 9.50. The fourth-order valence-electron chi connectivity index (χ4n) is 3.59. The summed E-state index contributed by atoms with van der Waals surface area (Å²) in [5.74, 6) is -1.00.